The standard InChI is InChI=1S/C17H20BrN3OS/c1-11-10-12(8-9-13(11)18)19-16(22)21-17-20-14-6-4-2-3-5-7-15(14)23-17/h8-10H,2-7H2,1H3,(H2,19,20,21,22). The summed E-state index contributed by atoms with van der Waals surface area (Å²) < 4.78 is 1.03. The van der Waals surface area contributed by atoms with E-state index in [1.807, 2.05) is 25.1 Å². The van der Waals surface area contributed by atoms with Gasteiger partial charge in [-0.3, -0.25) is 5.32 Å². The van der Waals surface area contributed by atoms with E-state index in [2.05, 4.69) is 31.5 Å². The van der Waals surface area contributed by atoms with Crippen molar-refractivity contribution in [1.82, 2.24) is 4.98 Å². The van der Waals surface area contributed by atoms with E-state index in [0.29, 0.717) is 5.13 Å². The molecular weight excluding hydrogens is 374 g/mol. The van der Waals surface area contributed by atoms with Gasteiger partial charge in [0.2, 0.25) is 0 Å². The monoisotopic (exact) mass is 393 g/mol. The molecule has 0 saturated carbocycles. The number of aryl methyl sites for hydroxylation is 3. The molecule has 1 heterocycles. The predicted octanol–water partition coefficient (Wildman–Crippen LogP) is 5.52. The minimum atomic E-state index is -0.242. The molecule has 2 aromatic rings. The molecule has 3 rings (SSSR count). The number of rotatable bonds is 2. The first-order chi connectivity index (χ1) is 11.1. The van der Waals surface area contributed by atoms with E-state index >= 15 is 0 Å². The second-order valence-electron chi connectivity index (χ2n) is 5.85. The van der Waals surface area contributed by atoms with Crippen LogP contribution >= 0.6 is 27.3 Å². The first-order valence-corrected chi connectivity index (χ1v) is 9.55. The topological polar surface area (TPSA) is 54.0 Å². The van der Waals surface area contributed by atoms with Crippen molar-refractivity contribution in [3.8, 4) is 0 Å². The highest BCUT2D eigenvalue weighted by Crippen LogP contribution is 2.28. The van der Waals surface area contributed by atoms with Crippen LogP contribution in [-0.2, 0) is 12.8 Å². The number of amides is 2. The van der Waals surface area contributed by atoms with Crippen molar-refractivity contribution in [3.63, 3.8) is 0 Å². The summed E-state index contributed by atoms with van der Waals surface area (Å²) in [7, 11) is 0. The highest BCUT2D eigenvalue weighted by molar-refractivity contribution is 9.10. The number of aromatic nitrogens is 1. The van der Waals surface area contributed by atoms with Crippen LogP contribution in [0.2, 0.25) is 0 Å². The maximum Gasteiger partial charge on any atom is 0.325 e. The fourth-order valence-corrected chi connectivity index (χ4v) is 4.03. The summed E-state index contributed by atoms with van der Waals surface area (Å²) in [6.45, 7) is 1.99. The van der Waals surface area contributed by atoms with Crippen LogP contribution in [0.3, 0.4) is 0 Å². The van der Waals surface area contributed by atoms with Crippen molar-refractivity contribution in [3.05, 3.63) is 38.8 Å². The third kappa shape index (κ3) is 4.32. The van der Waals surface area contributed by atoms with Crippen LogP contribution in [0.5, 0.6) is 0 Å². The Kier molecular flexibility index (Phi) is 5.33. The third-order valence-electron chi connectivity index (χ3n) is 3.98. The normalized spacial score (nSPS) is 14.5. The molecule has 6 heteroatoms. The summed E-state index contributed by atoms with van der Waals surface area (Å²) in [4.78, 5) is 18.1. The van der Waals surface area contributed by atoms with Gasteiger partial charge in [-0.1, -0.05) is 28.8 Å². The van der Waals surface area contributed by atoms with E-state index in [0.717, 1.165) is 28.6 Å². The second kappa shape index (κ2) is 7.45. The molecule has 2 amide bonds. The lowest BCUT2D eigenvalue weighted by Crippen LogP contribution is -2.19. The van der Waals surface area contributed by atoms with Gasteiger partial charge in [-0.05, 0) is 56.4 Å². The summed E-state index contributed by atoms with van der Waals surface area (Å²) in [6.07, 6.45) is 7.11. The maximum absolute atomic E-state index is 12.2. The molecule has 1 aliphatic rings. The number of anilines is 2. The number of hydrogen-bond donors (Lipinski definition) is 2. The first kappa shape index (κ1) is 16.5. The van der Waals surface area contributed by atoms with Gasteiger partial charge in [0.25, 0.3) is 0 Å². The summed E-state index contributed by atoms with van der Waals surface area (Å²) in [5, 5.41) is 6.42. The quantitative estimate of drug-likeness (QED) is 0.705. The molecule has 0 radical (unpaired) electrons. The first-order valence-electron chi connectivity index (χ1n) is 7.94. The number of halogens is 1. The van der Waals surface area contributed by atoms with E-state index < -0.39 is 0 Å². The number of fused-ring (bicyclic) bond motifs is 1. The van der Waals surface area contributed by atoms with E-state index in [9.17, 15) is 4.79 Å². The molecule has 2 N–H and O–H groups in total. The van der Waals surface area contributed by atoms with E-state index in [1.165, 1.54) is 36.3 Å². The van der Waals surface area contributed by atoms with Crippen molar-refractivity contribution in [2.24, 2.45) is 0 Å². The van der Waals surface area contributed by atoms with Crippen LogP contribution < -0.4 is 10.6 Å². The molecular formula is C17H20BrN3OS. The van der Waals surface area contributed by atoms with Crippen LogP contribution in [-0.4, -0.2) is 11.0 Å². The van der Waals surface area contributed by atoms with E-state index in [-0.39, 0.29) is 6.03 Å². The van der Waals surface area contributed by atoms with Crippen molar-refractivity contribution in [1.29, 1.82) is 0 Å². The Labute approximate surface area is 148 Å². The van der Waals surface area contributed by atoms with Gasteiger partial charge in [0.15, 0.2) is 5.13 Å². The molecule has 0 fully saturated rings. The Hall–Kier alpha value is -1.40. The fraction of sp³-hybridized carbons (Fsp3) is 0.412. The number of carbonyl (C=O) groups excluding carboxylic acids is 1. The van der Waals surface area contributed by atoms with Gasteiger partial charge in [0.1, 0.15) is 0 Å². The maximum atomic E-state index is 12.2. The summed E-state index contributed by atoms with van der Waals surface area (Å²) >= 11 is 5.07. The SMILES string of the molecule is Cc1cc(NC(=O)Nc2nc3c(s2)CCCCCC3)ccc1Br. The molecule has 0 unspecified atom stereocenters. The van der Waals surface area contributed by atoms with Gasteiger partial charge in [-0.2, -0.15) is 0 Å². The van der Waals surface area contributed by atoms with Crippen LogP contribution in [0.15, 0.2) is 22.7 Å². The van der Waals surface area contributed by atoms with Gasteiger partial charge >= 0.3 is 6.03 Å². The van der Waals surface area contributed by atoms with Crippen molar-refractivity contribution >= 4 is 44.1 Å². The number of thiazole rings is 1. The molecule has 122 valence electrons. The lowest BCUT2D eigenvalue weighted by Gasteiger charge is -2.07. The van der Waals surface area contributed by atoms with Gasteiger partial charge in [-0.15, -0.1) is 11.3 Å². The molecule has 1 aromatic carbocycles. The summed E-state index contributed by atoms with van der Waals surface area (Å²) in [5.74, 6) is 0. The highest BCUT2D eigenvalue weighted by atomic mass is 79.9. The number of nitrogens with zero attached hydrogens (tertiary/aromatic N) is 1. The number of nitrogens with one attached hydrogen (secondary N) is 2. The van der Waals surface area contributed by atoms with E-state index in [4.69, 9.17) is 0 Å². The minimum absolute atomic E-state index is 0.242. The largest absolute Gasteiger partial charge is 0.325 e. The zero-order valence-corrected chi connectivity index (χ0v) is 15.5. The number of urea groups is 1. The zero-order valence-electron chi connectivity index (χ0n) is 13.1. The Bertz CT molecular complexity index is 688. The van der Waals surface area contributed by atoms with Gasteiger partial charge < -0.3 is 5.32 Å². The molecule has 1 aliphatic carbocycles. The molecule has 0 saturated heterocycles. The smallest absolute Gasteiger partial charge is 0.308 e. The minimum Gasteiger partial charge on any atom is -0.308 e. The fourth-order valence-electron chi connectivity index (χ4n) is 2.74. The summed E-state index contributed by atoms with van der Waals surface area (Å²) in [5.41, 5.74) is 3.03. The Morgan fingerprint density at radius 1 is 1.17 bits per heavy atom. The van der Waals surface area contributed by atoms with Crippen molar-refractivity contribution in [2.75, 3.05) is 10.6 Å². The summed E-state index contributed by atoms with van der Waals surface area (Å²) in [6, 6.07) is 5.50. The number of hydrogen-bond acceptors (Lipinski definition) is 3. The van der Waals surface area contributed by atoms with Gasteiger partial charge in [-0.25, -0.2) is 9.78 Å². The molecule has 0 aliphatic heterocycles. The Morgan fingerprint density at radius 2 is 1.96 bits per heavy atom. The molecule has 0 bridgehead atoms. The molecule has 4 nitrogen and oxygen atoms in total. The second-order valence-corrected chi connectivity index (χ2v) is 7.78. The van der Waals surface area contributed by atoms with Crippen LogP contribution in [0, 0.1) is 6.92 Å². The van der Waals surface area contributed by atoms with Gasteiger partial charge in [0, 0.05) is 15.0 Å². The van der Waals surface area contributed by atoms with Crippen molar-refractivity contribution < 1.29 is 4.79 Å². The predicted molar refractivity (Wildman–Crippen MR) is 99.5 cm³/mol. The average Bonchev–Trinajstić information content (AvgIpc) is 2.84. The lowest BCUT2D eigenvalue weighted by atomic mass is 10.0. The third-order valence-corrected chi connectivity index (χ3v) is 5.94. The van der Waals surface area contributed by atoms with Gasteiger partial charge in [0.05, 0.1) is 5.69 Å². The number of carbonyl (C=O) groups is 1. The molecule has 1 aromatic heterocycles. The molecule has 0 spiro atoms. The van der Waals surface area contributed by atoms with Crippen LogP contribution in [0.25, 0.3) is 0 Å². The molecule has 0 atom stereocenters. The lowest BCUT2D eigenvalue weighted by molar-refractivity contribution is 0.262. The molecule has 23 heavy (non-hydrogen) atoms. The highest BCUT2D eigenvalue weighted by Gasteiger charge is 2.14. The van der Waals surface area contributed by atoms with Crippen molar-refractivity contribution in [2.45, 2.75) is 45.4 Å². The van der Waals surface area contributed by atoms with Crippen LogP contribution in [0.4, 0.5) is 15.6 Å². The van der Waals surface area contributed by atoms with Crippen LogP contribution in [0.1, 0.15) is 41.8 Å². The Morgan fingerprint density at radius 3 is 2.74 bits per heavy atom. The Balaban J connectivity index is 1.65. The van der Waals surface area contributed by atoms with E-state index in [1.54, 1.807) is 11.3 Å². The zero-order chi connectivity index (χ0) is 16.2. The average molecular weight is 394 g/mol. The number of benzene rings is 1.